The van der Waals surface area contributed by atoms with Crippen LogP contribution in [0.1, 0.15) is 24.8 Å². The number of aliphatic carboxylic acids is 1. The van der Waals surface area contributed by atoms with Crippen molar-refractivity contribution < 1.29 is 19.4 Å². The first-order valence-corrected chi connectivity index (χ1v) is 8.30. The predicted octanol–water partition coefficient (Wildman–Crippen LogP) is 2.10. The zero-order chi connectivity index (χ0) is 16.9. The molecule has 1 aliphatic heterocycles. The second kappa shape index (κ2) is 7.49. The second-order valence-electron chi connectivity index (χ2n) is 6.22. The minimum absolute atomic E-state index is 0.159. The topological polar surface area (TPSA) is 91.4 Å². The number of carboxylic acid groups (broad SMARTS) is 1. The van der Waals surface area contributed by atoms with Gasteiger partial charge in [0.1, 0.15) is 6.04 Å². The molecule has 2 atom stereocenters. The maximum Gasteiger partial charge on any atom is 0.326 e. The van der Waals surface area contributed by atoms with Crippen LogP contribution < -0.4 is 5.32 Å². The van der Waals surface area contributed by atoms with Gasteiger partial charge in [-0.1, -0.05) is 18.2 Å². The first kappa shape index (κ1) is 16.5. The molecule has 0 saturated carbocycles. The van der Waals surface area contributed by atoms with E-state index in [1.807, 2.05) is 30.5 Å². The third-order valence-corrected chi connectivity index (χ3v) is 4.55. The highest BCUT2D eigenvalue weighted by atomic mass is 16.5. The Morgan fingerprint density at radius 1 is 1.38 bits per heavy atom. The quantitative estimate of drug-likeness (QED) is 0.756. The van der Waals surface area contributed by atoms with Crippen molar-refractivity contribution in [2.75, 3.05) is 13.2 Å². The summed E-state index contributed by atoms with van der Waals surface area (Å²) in [5, 5.41) is 13.2. The number of aromatic amines is 1. The minimum atomic E-state index is -0.994. The number of carboxylic acids is 1. The van der Waals surface area contributed by atoms with E-state index in [1.54, 1.807) is 0 Å². The number of fused-ring (bicyclic) bond motifs is 1. The van der Waals surface area contributed by atoms with Crippen molar-refractivity contribution >= 4 is 22.8 Å². The Labute approximate surface area is 140 Å². The van der Waals surface area contributed by atoms with Crippen LogP contribution >= 0.6 is 0 Å². The average molecular weight is 330 g/mol. The highest BCUT2D eigenvalue weighted by Gasteiger charge is 2.31. The summed E-state index contributed by atoms with van der Waals surface area (Å²) in [6.07, 6.45) is 4.34. The number of hydrogen-bond donors (Lipinski definition) is 3. The molecule has 6 nitrogen and oxygen atoms in total. The van der Waals surface area contributed by atoms with E-state index in [2.05, 4.69) is 10.3 Å². The Bertz CT molecular complexity index is 719. The molecular formula is C18H22N2O4. The molecule has 128 valence electrons. The zero-order valence-electron chi connectivity index (χ0n) is 13.5. The molecule has 3 rings (SSSR count). The van der Waals surface area contributed by atoms with Crippen LogP contribution in [0.5, 0.6) is 0 Å². The highest BCUT2D eigenvalue weighted by molar-refractivity contribution is 5.86. The fourth-order valence-corrected chi connectivity index (χ4v) is 3.24. The van der Waals surface area contributed by atoms with Crippen LogP contribution in [0.15, 0.2) is 30.5 Å². The van der Waals surface area contributed by atoms with Crippen molar-refractivity contribution in [3.63, 3.8) is 0 Å². The second-order valence-corrected chi connectivity index (χ2v) is 6.22. The largest absolute Gasteiger partial charge is 0.480 e. The Balaban J connectivity index is 1.58. The first-order valence-electron chi connectivity index (χ1n) is 8.30. The number of aryl methyl sites for hydroxylation is 1. The van der Waals surface area contributed by atoms with Gasteiger partial charge in [0.2, 0.25) is 5.91 Å². The summed E-state index contributed by atoms with van der Waals surface area (Å²) in [6, 6.07) is 7.05. The number of hydrogen-bond acceptors (Lipinski definition) is 3. The summed E-state index contributed by atoms with van der Waals surface area (Å²) in [5.74, 6) is -1.39. The van der Waals surface area contributed by atoms with Gasteiger partial charge in [-0.3, -0.25) is 4.79 Å². The fourth-order valence-electron chi connectivity index (χ4n) is 3.24. The molecule has 0 aliphatic carbocycles. The molecule has 0 spiro atoms. The monoisotopic (exact) mass is 330 g/mol. The van der Waals surface area contributed by atoms with Crippen LogP contribution in [0, 0.1) is 5.92 Å². The predicted molar refractivity (Wildman–Crippen MR) is 89.7 cm³/mol. The minimum Gasteiger partial charge on any atom is -0.480 e. The number of para-hydroxylation sites is 1. The average Bonchev–Trinajstić information content (AvgIpc) is 3.01. The van der Waals surface area contributed by atoms with Gasteiger partial charge >= 0.3 is 5.97 Å². The van der Waals surface area contributed by atoms with Crippen LogP contribution in [0.25, 0.3) is 10.9 Å². The van der Waals surface area contributed by atoms with E-state index in [0.717, 1.165) is 29.3 Å². The number of aromatic nitrogens is 1. The molecule has 24 heavy (non-hydrogen) atoms. The molecule has 0 bridgehead atoms. The summed E-state index contributed by atoms with van der Waals surface area (Å²) in [7, 11) is 0. The lowest BCUT2D eigenvalue weighted by Crippen LogP contribution is -2.48. The molecule has 6 heteroatoms. The molecule has 1 fully saturated rings. The van der Waals surface area contributed by atoms with Crippen molar-refractivity contribution in [1.82, 2.24) is 10.3 Å². The molecule has 3 N–H and O–H groups in total. The maximum absolute atomic E-state index is 12.2. The smallest absolute Gasteiger partial charge is 0.326 e. The van der Waals surface area contributed by atoms with Gasteiger partial charge in [0.25, 0.3) is 0 Å². The van der Waals surface area contributed by atoms with Crippen LogP contribution in [0.2, 0.25) is 0 Å². The van der Waals surface area contributed by atoms with E-state index in [9.17, 15) is 14.7 Å². The molecule has 1 amide bonds. The molecule has 2 aromatic rings. The van der Waals surface area contributed by atoms with E-state index in [-0.39, 0.29) is 18.2 Å². The Hall–Kier alpha value is -2.34. The lowest BCUT2D eigenvalue weighted by Gasteiger charge is -2.28. The number of carbonyl (C=O) groups excluding carboxylic acids is 1. The Morgan fingerprint density at radius 3 is 2.96 bits per heavy atom. The van der Waals surface area contributed by atoms with Gasteiger partial charge < -0.3 is 20.1 Å². The summed E-state index contributed by atoms with van der Waals surface area (Å²) in [4.78, 5) is 26.9. The van der Waals surface area contributed by atoms with E-state index >= 15 is 0 Å². The van der Waals surface area contributed by atoms with Gasteiger partial charge in [-0.05, 0) is 30.9 Å². The summed E-state index contributed by atoms with van der Waals surface area (Å²) >= 11 is 0. The van der Waals surface area contributed by atoms with Crippen molar-refractivity contribution in [3.8, 4) is 0 Å². The lowest BCUT2D eigenvalue weighted by molar-refractivity contribution is -0.145. The molecular weight excluding hydrogens is 308 g/mol. The van der Waals surface area contributed by atoms with E-state index in [0.29, 0.717) is 19.6 Å². The van der Waals surface area contributed by atoms with E-state index in [4.69, 9.17) is 4.74 Å². The molecule has 1 aromatic heterocycles. The third-order valence-electron chi connectivity index (χ3n) is 4.55. The molecule has 1 aromatic carbocycles. The number of amides is 1. The van der Waals surface area contributed by atoms with Crippen LogP contribution in [-0.4, -0.2) is 41.2 Å². The standard InChI is InChI=1S/C18H22N2O4/c21-16(20-17(18(22)23)13-4-3-9-24-11-13)8-7-12-10-19-15-6-2-1-5-14(12)15/h1-2,5-6,10,13,17,19H,3-4,7-9,11H2,(H,20,21)(H,22,23). The normalized spacial score (nSPS) is 19.1. The first-order chi connectivity index (χ1) is 11.6. The van der Waals surface area contributed by atoms with Gasteiger partial charge in [-0.25, -0.2) is 4.79 Å². The molecule has 2 unspecified atom stereocenters. The van der Waals surface area contributed by atoms with Crippen molar-refractivity contribution in [2.24, 2.45) is 5.92 Å². The van der Waals surface area contributed by atoms with Crippen LogP contribution in [0.3, 0.4) is 0 Å². The third kappa shape index (κ3) is 3.76. The molecule has 0 radical (unpaired) electrons. The van der Waals surface area contributed by atoms with Crippen molar-refractivity contribution in [1.29, 1.82) is 0 Å². The van der Waals surface area contributed by atoms with E-state index in [1.165, 1.54) is 0 Å². The fraction of sp³-hybridized carbons (Fsp3) is 0.444. The number of benzene rings is 1. The van der Waals surface area contributed by atoms with Gasteiger partial charge in [-0.2, -0.15) is 0 Å². The Morgan fingerprint density at radius 2 is 2.21 bits per heavy atom. The summed E-state index contributed by atoms with van der Waals surface area (Å²) in [5.41, 5.74) is 2.10. The van der Waals surface area contributed by atoms with Gasteiger partial charge in [-0.15, -0.1) is 0 Å². The number of rotatable bonds is 6. The molecule has 2 heterocycles. The number of ether oxygens (including phenoxy) is 1. The van der Waals surface area contributed by atoms with Crippen LogP contribution in [-0.2, 0) is 20.7 Å². The van der Waals surface area contributed by atoms with Crippen molar-refractivity contribution in [3.05, 3.63) is 36.0 Å². The zero-order valence-corrected chi connectivity index (χ0v) is 13.5. The molecule has 1 saturated heterocycles. The number of carbonyl (C=O) groups is 2. The number of nitrogens with one attached hydrogen (secondary N) is 2. The highest BCUT2D eigenvalue weighted by Crippen LogP contribution is 2.20. The van der Waals surface area contributed by atoms with Gasteiger partial charge in [0.15, 0.2) is 0 Å². The Kier molecular flexibility index (Phi) is 5.15. The van der Waals surface area contributed by atoms with E-state index < -0.39 is 12.0 Å². The molecule has 1 aliphatic rings. The van der Waals surface area contributed by atoms with Gasteiger partial charge in [0, 0.05) is 36.0 Å². The van der Waals surface area contributed by atoms with Crippen LogP contribution in [0.4, 0.5) is 0 Å². The summed E-state index contributed by atoms with van der Waals surface area (Å²) in [6.45, 7) is 1.05. The maximum atomic E-state index is 12.2. The lowest BCUT2D eigenvalue weighted by atomic mass is 9.93. The van der Waals surface area contributed by atoms with Crippen molar-refractivity contribution in [2.45, 2.75) is 31.7 Å². The summed E-state index contributed by atoms with van der Waals surface area (Å²) < 4.78 is 5.34. The van der Waals surface area contributed by atoms with Gasteiger partial charge in [0.05, 0.1) is 6.61 Å². The number of H-pyrrole nitrogens is 1. The SMILES string of the molecule is O=C(CCc1c[nH]c2ccccc12)NC(C(=O)O)C1CCCOC1.